The molecule has 120 valence electrons. The number of rotatable bonds is 7. The van der Waals surface area contributed by atoms with E-state index in [-0.39, 0.29) is 11.8 Å². The van der Waals surface area contributed by atoms with Gasteiger partial charge in [0, 0.05) is 47.2 Å². The summed E-state index contributed by atoms with van der Waals surface area (Å²) in [7, 11) is -0.950. The molecule has 1 fully saturated rings. The van der Waals surface area contributed by atoms with Crippen LogP contribution in [0.4, 0.5) is 0 Å². The molecule has 1 aromatic carbocycles. The Labute approximate surface area is 138 Å². The van der Waals surface area contributed by atoms with Gasteiger partial charge in [0.05, 0.1) is 0 Å². The van der Waals surface area contributed by atoms with E-state index in [1.54, 1.807) is 6.20 Å². The molecule has 3 atom stereocenters. The van der Waals surface area contributed by atoms with Gasteiger partial charge < -0.3 is 5.32 Å². The Bertz CT molecular complexity index is 676. The molecule has 0 saturated heterocycles. The Morgan fingerprint density at radius 1 is 1.22 bits per heavy atom. The number of nitrogens with zero attached hydrogens (tertiary/aromatic N) is 1. The summed E-state index contributed by atoms with van der Waals surface area (Å²) in [5.41, 5.74) is 2.19. The van der Waals surface area contributed by atoms with E-state index in [1.807, 2.05) is 48.7 Å². The molecule has 5 heteroatoms. The third kappa shape index (κ3) is 4.48. The topological polar surface area (TPSA) is 59.1 Å². The van der Waals surface area contributed by atoms with E-state index in [2.05, 4.69) is 10.3 Å². The van der Waals surface area contributed by atoms with Crippen molar-refractivity contribution in [2.45, 2.75) is 18.1 Å². The van der Waals surface area contributed by atoms with Gasteiger partial charge in [0.1, 0.15) is 0 Å². The predicted molar refractivity (Wildman–Crippen MR) is 91.3 cm³/mol. The van der Waals surface area contributed by atoms with E-state index in [4.69, 9.17) is 0 Å². The van der Waals surface area contributed by atoms with Crippen molar-refractivity contribution in [2.75, 3.05) is 12.3 Å². The van der Waals surface area contributed by atoms with Crippen LogP contribution in [0.25, 0.3) is 0 Å². The van der Waals surface area contributed by atoms with Crippen LogP contribution in [0.5, 0.6) is 0 Å². The fourth-order valence-corrected chi connectivity index (χ4v) is 3.74. The number of carbonyl (C=O) groups is 1. The lowest BCUT2D eigenvalue weighted by Gasteiger charge is -2.06. The normalized spacial score (nSPS) is 20.7. The molecule has 3 rings (SSSR count). The molecule has 1 amide bonds. The average molecular weight is 328 g/mol. The predicted octanol–water partition coefficient (Wildman–Crippen LogP) is 2.25. The van der Waals surface area contributed by atoms with Gasteiger partial charge in [-0.3, -0.25) is 14.0 Å². The Hall–Kier alpha value is -2.01. The quantitative estimate of drug-likeness (QED) is 0.848. The number of benzene rings is 1. The highest BCUT2D eigenvalue weighted by molar-refractivity contribution is 7.84. The monoisotopic (exact) mass is 328 g/mol. The maximum absolute atomic E-state index is 12.1. The minimum atomic E-state index is -0.950. The summed E-state index contributed by atoms with van der Waals surface area (Å²) in [5, 5.41) is 2.91. The molecule has 0 bridgehead atoms. The Kier molecular flexibility index (Phi) is 5.18. The van der Waals surface area contributed by atoms with Gasteiger partial charge in [0.2, 0.25) is 5.91 Å². The highest BCUT2D eigenvalue weighted by atomic mass is 32.2. The first-order valence-corrected chi connectivity index (χ1v) is 9.29. The number of nitrogens with one attached hydrogen (secondary N) is 1. The van der Waals surface area contributed by atoms with Gasteiger partial charge in [-0.25, -0.2) is 0 Å². The molecule has 1 heterocycles. The average Bonchev–Trinajstić information content (AvgIpc) is 3.37. The third-order valence-electron chi connectivity index (χ3n) is 4.04. The fraction of sp³-hybridized carbons (Fsp3) is 0.333. The largest absolute Gasteiger partial charge is 0.355 e. The van der Waals surface area contributed by atoms with Crippen LogP contribution in [0.15, 0.2) is 54.9 Å². The summed E-state index contributed by atoms with van der Waals surface area (Å²) >= 11 is 0. The molecule has 0 radical (unpaired) electrons. The van der Waals surface area contributed by atoms with Crippen LogP contribution in [0, 0.1) is 5.92 Å². The molecule has 1 aromatic heterocycles. The van der Waals surface area contributed by atoms with E-state index in [0.717, 1.165) is 17.5 Å². The van der Waals surface area contributed by atoms with Crippen molar-refractivity contribution in [3.8, 4) is 0 Å². The van der Waals surface area contributed by atoms with E-state index in [1.165, 1.54) is 0 Å². The summed E-state index contributed by atoms with van der Waals surface area (Å²) in [6.45, 7) is 0.467. The second-order valence-electron chi connectivity index (χ2n) is 5.80. The Morgan fingerprint density at radius 3 is 2.78 bits per heavy atom. The molecule has 4 nitrogen and oxygen atoms in total. The third-order valence-corrected chi connectivity index (χ3v) is 5.35. The first kappa shape index (κ1) is 15.9. The zero-order chi connectivity index (χ0) is 16.1. The summed E-state index contributed by atoms with van der Waals surface area (Å²) in [5.74, 6) is 1.43. The Morgan fingerprint density at radius 2 is 2.04 bits per heavy atom. The van der Waals surface area contributed by atoms with Crippen LogP contribution in [-0.2, 0) is 21.3 Å². The maximum atomic E-state index is 12.1. The van der Waals surface area contributed by atoms with Crippen LogP contribution >= 0.6 is 0 Å². The molecule has 23 heavy (non-hydrogen) atoms. The number of carbonyl (C=O) groups excluding carboxylic acids is 1. The molecule has 0 aliphatic heterocycles. The number of hydrogen-bond acceptors (Lipinski definition) is 3. The molecular weight excluding hydrogens is 308 g/mol. The molecule has 2 aromatic rings. The van der Waals surface area contributed by atoms with E-state index in [0.29, 0.717) is 24.0 Å². The number of amides is 1. The number of hydrogen-bond donors (Lipinski definition) is 1. The molecule has 1 aliphatic carbocycles. The van der Waals surface area contributed by atoms with Crippen molar-refractivity contribution < 1.29 is 9.00 Å². The van der Waals surface area contributed by atoms with Crippen molar-refractivity contribution in [2.24, 2.45) is 5.92 Å². The highest BCUT2D eigenvalue weighted by Crippen LogP contribution is 2.47. The number of pyridine rings is 1. The summed E-state index contributed by atoms with van der Waals surface area (Å²) in [4.78, 5) is 16.2. The Balaban J connectivity index is 1.38. The second kappa shape index (κ2) is 7.51. The molecule has 1 saturated carbocycles. The maximum Gasteiger partial charge on any atom is 0.223 e. The lowest BCUT2D eigenvalue weighted by atomic mass is 10.1. The molecule has 1 aliphatic rings. The standard InChI is InChI=1S/C18H20N2O2S/c21-18(17-11-16(17)15-7-4-8-19-12-15)20-9-10-23(22)13-14-5-2-1-3-6-14/h1-8,12,16-17H,9-11,13H2,(H,20,21)/t16-,17-,23-/m1/s1. The zero-order valence-corrected chi connectivity index (χ0v) is 13.7. The van der Waals surface area contributed by atoms with Crippen LogP contribution in [0.1, 0.15) is 23.5 Å². The SMILES string of the molecule is O=C(NCC[S@@](=O)Cc1ccccc1)[C@@H]1C[C@@H]1c1cccnc1. The lowest BCUT2D eigenvalue weighted by molar-refractivity contribution is -0.122. The molecule has 0 unspecified atom stereocenters. The van der Waals surface area contributed by atoms with Crippen LogP contribution in [0.2, 0.25) is 0 Å². The van der Waals surface area contributed by atoms with Gasteiger partial charge >= 0.3 is 0 Å². The first-order chi connectivity index (χ1) is 11.2. The molecular formula is C18H20N2O2S. The van der Waals surface area contributed by atoms with Gasteiger partial charge in [0.25, 0.3) is 0 Å². The van der Waals surface area contributed by atoms with Crippen LogP contribution < -0.4 is 5.32 Å². The van der Waals surface area contributed by atoms with E-state index < -0.39 is 10.8 Å². The first-order valence-electron chi connectivity index (χ1n) is 7.80. The minimum Gasteiger partial charge on any atom is -0.355 e. The van der Waals surface area contributed by atoms with Crippen molar-refractivity contribution in [3.63, 3.8) is 0 Å². The highest BCUT2D eigenvalue weighted by Gasteiger charge is 2.43. The van der Waals surface area contributed by atoms with Crippen molar-refractivity contribution in [3.05, 3.63) is 66.0 Å². The van der Waals surface area contributed by atoms with Gasteiger partial charge in [0.15, 0.2) is 0 Å². The van der Waals surface area contributed by atoms with Gasteiger partial charge in [-0.05, 0) is 29.5 Å². The van der Waals surface area contributed by atoms with Crippen molar-refractivity contribution in [1.82, 2.24) is 10.3 Å². The van der Waals surface area contributed by atoms with Crippen molar-refractivity contribution in [1.29, 1.82) is 0 Å². The minimum absolute atomic E-state index is 0.0433. The lowest BCUT2D eigenvalue weighted by Crippen LogP contribution is -2.29. The smallest absolute Gasteiger partial charge is 0.223 e. The molecule has 1 N–H and O–H groups in total. The second-order valence-corrected chi connectivity index (χ2v) is 7.38. The van der Waals surface area contributed by atoms with E-state index in [9.17, 15) is 9.00 Å². The number of aromatic nitrogens is 1. The van der Waals surface area contributed by atoms with Gasteiger partial charge in [-0.2, -0.15) is 0 Å². The summed E-state index contributed by atoms with van der Waals surface area (Å²) in [6.07, 6.45) is 4.44. The summed E-state index contributed by atoms with van der Waals surface area (Å²) in [6, 6.07) is 13.7. The fourth-order valence-electron chi connectivity index (χ4n) is 2.70. The van der Waals surface area contributed by atoms with Gasteiger partial charge in [-0.15, -0.1) is 0 Å². The van der Waals surface area contributed by atoms with E-state index >= 15 is 0 Å². The van der Waals surface area contributed by atoms with Crippen LogP contribution in [-0.4, -0.2) is 27.4 Å². The summed E-state index contributed by atoms with van der Waals surface area (Å²) < 4.78 is 12.0. The molecule has 0 spiro atoms. The van der Waals surface area contributed by atoms with Crippen molar-refractivity contribution >= 4 is 16.7 Å². The van der Waals surface area contributed by atoms with Gasteiger partial charge in [-0.1, -0.05) is 36.4 Å². The van der Waals surface area contributed by atoms with Crippen LogP contribution in [0.3, 0.4) is 0 Å². The zero-order valence-electron chi connectivity index (χ0n) is 12.9.